The van der Waals surface area contributed by atoms with Crippen molar-refractivity contribution in [3.05, 3.63) is 11.8 Å². The van der Waals surface area contributed by atoms with Crippen LogP contribution in [0.15, 0.2) is 16.8 Å². The summed E-state index contributed by atoms with van der Waals surface area (Å²) < 4.78 is 41.5. The normalized spacial score (nSPS) is 13.0. The summed E-state index contributed by atoms with van der Waals surface area (Å²) in [7, 11) is 3.03. The lowest BCUT2D eigenvalue weighted by molar-refractivity contribution is -0.138. The zero-order valence-corrected chi connectivity index (χ0v) is 9.21. The third-order valence-electron chi connectivity index (χ3n) is 1.26. The Labute approximate surface area is 91.4 Å². The van der Waals surface area contributed by atoms with Gasteiger partial charge in [-0.25, -0.2) is 9.79 Å². The van der Waals surface area contributed by atoms with Gasteiger partial charge in [0.1, 0.15) is 0 Å². The van der Waals surface area contributed by atoms with Gasteiger partial charge < -0.3 is 9.64 Å². The van der Waals surface area contributed by atoms with Crippen LogP contribution in [0.5, 0.6) is 0 Å². The maximum Gasteiger partial charge on any atom is 0.433 e. The van der Waals surface area contributed by atoms with Crippen molar-refractivity contribution in [2.75, 3.05) is 20.7 Å². The number of hydrogen-bond acceptors (Lipinski definition) is 3. The Hall–Kier alpha value is -1.53. The van der Waals surface area contributed by atoms with Gasteiger partial charge in [0.05, 0.1) is 19.0 Å². The van der Waals surface area contributed by atoms with E-state index < -0.39 is 17.8 Å². The van der Waals surface area contributed by atoms with Gasteiger partial charge in [-0.3, -0.25) is 0 Å². The summed E-state index contributed by atoms with van der Waals surface area (Å²) in [5.41, 5.74) is -1.29. The number of alkyl halides is 3. The summed E-state index contributed by atoms with van der Waals surface area (Å²) in [6, 6.07) is 0. The van der Waals surface area contributed by atoms with Crippen molar-refractivity contribution in [3.8, 4) is 0 Å². The zero-order valence-electron chi connectivity index (χ0n) is 9.21. The van der Waals surface area contributed by atoms with Crippen LogP contribution in [-0.2, 0) is 9.53 Å². The molecule has 0 aromatic carbocycles. The molecule has 0 fully saturated rings. The summed E-state index contributed by atoms with van der Waals surface area (Å²) in [5.74, 6) is -1.06. The maximum absolute atomic E-state index is 12.4. The summed E-state index contributed by atoms with van der Waals surface area (Å²) in [5, 5.41) is 0. The van der Waals surface area contributed by atoms with E-state index in [0.29, 0.717) is 6.08 Å². The number of aliphatic imine (C=N–C) groups is 1. The maximum atomic E-state index is 12.4. The van der Waals surface area contributed by atoms with Crippen LogP contribution in [0, 0.1) is 0 Å². The number of carbonyl (C=O) groups is 1. The van der Waals surface area contributed by atoms with Crippen LogP contribution >= 0.6 is 0 Å². The van der Waals surface area contributed by atoms with E-state index in [1.165, 1.54) is 25.9 Å². The Kier molecular flexibility index (Phi) is 5.55. The standard InChI is InChI=1S/C9H13F3N2O2/c1-4-16-8(15)5-7(9(10,11)12)13-6-14(2)3/h5-6H,4H2,1-3H3/b7-5-,13-6+. The highest BCUT2D eigenvalue weighted by molar-refractivity contribution is 5.83. The number of carbonyl (C=O) groups excluding carboxylic acids is 1. The average Bonchev–Trinajstić information content (AvgIpc) is 2.10. The molecule has 0 aliphatic carbocycles. The smallest absolute Gasteiger partial charge is 0.433 e. The molecule has 0 rings (SSSR count). The molecule has 0 bridgehead atoms. The van der Waals surface area contributed by atoms with Crippen LogP contribution in [-0.4, -0.2) is 44.1 Å². The van der Waals surface area contributed by atoms with E-state index in [0.717, 1.165) is 6.34 Å². The second-order valence-electron chi connectivity index (χ2n) is 2.99. The predicted molar refractivity (Wildman–Crippen MR) is 53.0 cm³/mol. The van der Waals surface area contributed by atoms with Gasteiger partial charge in [0.2, 0.25) is 0 Å². The van der Waals surface area contributed by atoms with Crippen molar-refractivity contribution in [1.29, 1.82) is 0 Å². The molecule has 0 atom stereocenters. The molecule has 0 N–H and O–H groups in total. The Morgan fingerprint density at radius 1 is 1.44 bits per heavy atom. The second-order valence-corrected chi connectivity index (χ2v) is 2.99. The predicted octanol–water partition coefficient (Wildman–Crippen LogP) is 1.59. The molecule has 4 nitrogen and oxygen atoms in total. The molecule has 7 heteroatoms. The van der Waals surface area contributed by atoms with Gasteiger partial charge in [-0.2, -0.15) is 13.2 Å². The Bertz CT molecular complexity index is 296. The van der Waals surface area contributed by atoms with E-state index in [1.807, 2.05) is 0 Å². The third-order valence-corrected chi connectivity index (χ3v) is 1.26. The molecule has 0 aromatic heterocycles. The highest BCUT2D eigenvalue weighted by Crippen LogP contribution is 2.26. The molecule has 92 valence electrons. The van der Waals surface area contributed by atoms with E-state index in [2.05, 4.69) is 9.73 Å². The van der Waals surface area contributed by atoms with Crippen molar-refractivity contribution in [3.63, 3.8) is 0 Å². The Morgan fingerprint density at radius 2 is 2.00 bits per heavy atom. The molecule has 0 saturated heterocycles. The van der Waals surface area contributed by atoms with Gasteiger partial charge in [0.15, 0.2) is 5.70 Å². The van der Waals surface area contributed by atoms with Gasteiger partial charge in [0, 0.05) is 14.1 Å². The quantitative estimate of drug-likeness (QED) is 0.323. The lowest BCUT2D eigenvalue weighted by Gasteiger charge is -2.08. The van der Waals surface area contributed by atoms with E-state index >= 15 is 0 Å². The summed E-state index contributed by atoms with van der Waals surface area (Å²) >= 11 is 0. The van der Waals surface area contributed by atoms with Crippen LogP contribution in [0.3, 0.4) is 0 Å². The third kappa shape index (κ3) is 6.05. The average molecular weight is 238 g/mol. The number of hydrogen-bond donors (Lipinski definition) is 0. The zero-order chi connectivity index (χ0) is 12.8. The van der Waals surface area contributed by atoms with Gasteiger partial charge in [-0.05, 0) is 6.92 Å². The first-order chi connectivity index (χ1) is 7.27. The van der Waals surface area contributed by atoms with Gasteiger partial charge >= 0.3 is 12.1 Å². The SMILES string of the molecule is CCOC(=O)/C=C(\N=C\N(C)C)C(F)(F)F. The van der Waals surface area contributed by atoms with Crippen molar-refractivity contribution < 1.29 is 22.7 Å². The number of esters is 1. The minimum atomic E-state index is -4.68. The van der Waals surface area contributed by atoms with Crippen LogP contribution < -0.4 is 0 Å². The molecule has 0 aromatic rings. The van der Waals surface area contributed by atoms with E-state index in [9.17, 15) is 18.0 Å². The summed E-state index contributed by atoms with van der Waals surface area (Å²) in [6.45, 7) is 1.51. The molecule has 0 spiro atoms. The molecule has 16 heavy (non-hydrogen) atoms. The first kappa shape index (κ1) is 14.5. The fraction of sp³-hybridized carbons (Fsp3) is 0.556. The van der Waals surface area contributed by atoms with Gasteiger partial charge in [-0.1, -0.05) is 0 Å². The molecule has 0 heterocycles. The van der Waals surface area contributed by atoms with Crippen LogP contribution in [0.1, 0.15) is 6.92 Å². The number of halogens is 3. The summed E-state index contributed by atoms with van der Waals surface area (Å²) in [4.78, 5) is 15.3. The topological polar surface area (TPSA) is 41.9 Å². The molecule has 0 unspecified atom stereocenters. The van der Waals surface area contributed by atoms with Crippen molar-refractivity contribution in [1.82, 2.24) is 4.90 Å². The highest BCUT2D eigenvalue weighted by Gasteiger charge is 2.34. The Balaban J connectivity index is 4.89. The fourth-order valence-electron chi connectivity index (χ4n) is 0.666. The fourth-order valence-corrected chi connectivity index (χ4v) is 0.666. The largest absolute Gasteiger partial charge is 0.463 e. The van der Waals surface area contributed by atoms with E-state index in [1.54, 1.807) is 0 Å². The number of allylic oxidation sites excluding steroid dienone is 1. The number of ether oxygens (including phenoxy) is 1. The minimum Gasteiger partial charge on any atom is -0.463 e. The Morgan fingerprint density at radius 3 is 2.38 bits per heavy atom. The molecule has 0 aliphatic rings. The first-order valence-corrected chi connectivity index (χ1v) is 4.43. The molecule has 0 amide bonds. The van der Waals surface area contributed by atoms with E-state index in [-0.39, 0.29) is 6.61 Å². The molecule has 0 saturated carbocycles. The molecular weight excluding hydrogens is 225 g/mol. The molecule has 0 radical (unpaired) electrons. The summed E-state index contributed by atoms with van der Waals surface area (Å²) in [6.07, 6.45) is -3.40. The van der Waals surface area contributed by atoms with Crippen molar-refractivity contribution in [2.24, 2.45) is 4.99 Å². The van der Waals surface area contributed by atoms with Gasteiger partial charge in [-0.15, -0.1) is 0 Å². The lowest BCUT2D eigenvalue weighted by atomic mass is 10.4. The van der Waals surface area contributed by atoms with Crippen molar-refractivity contribution in [2.45, 2.75) is 13.1 Å². The second kappa shape index (κ2) is 6.14. The number of nitrogens with zero attached hydrogens (tertiary/aromatic N) is 2. The van der Waals surface area contributed by atoms with Crippen LogP contribution in [0.4, 0.5) is 13.2 Å². The van der Waals surface area contributed by atoms with Crippen LogP contribution in [0.2, 0.25) is 0 Å². The number of rotatable bonds is 4. The lowest BCUT2D eigenvalue weighted by Crippen LogP contribution is -2.16. The van der Waals surface area contributed by atoms with Crippen LogP contribution in [0.25, 0.3) is 0 Å². The first-order valence-electron chi connectivity index (χ1n) is 4.43. The van der Waals surface area contributed by atoms with Crippen molar-refractivity contribution >= 4 is 12.3 Å². The molecule has 0 aliphatic heterocycles. The minimum absolute atomic E-state index is 0.0118. The van der Waals surface area contributed by atoms with E-state index in [4.69, 9.17) is 0 Å². The monoisotopic (exact) mass is 238 g/mol. The highest BCUT2D eigenvalue weighted by atomic mass is 19.4. The molecular formula is C9H13F3N2O2. The van der Waals surface area contributed by atoms with Gasteiger partial charge in [0.25, 0.3) is 0 Å².